The summed E-state index contributed by atoms with van der Waals surface area (Å²) in [5, 5.41) is 9.86. The van der Waals surface area contributed by atoms with Gasteiger partial charge < -0.3 is 29.3 Å². The zero-order valence-electron chi connectivity index (χ0n) is 30.7. The van der Waals surface area contributed by atoms with Crippen molar-refractivity contribution in [3.8, 4) is 0 Å². The molecule has 2 amide bonds. The van der Waals surface area contributed by atoms with Crippen LogP contribution in [0.15, 0.2) is 60.7 Å². The molecular formula is C40H43Cl2F6N3O5. The third-order valence-corrected chi connectivity index (χ3v) is 12.2. The van der Waals surface area contributed by atoms with Gasteiger partial charge in [-0.3, -0.25) is 9.59 Å². The highest BCUT2D eigenvalue weighted by Gasteiger charge is 2.50. The number of piperidine rings is 1. The van der Waals surface area contributed by atoms with Crippen molar-refractivity contribution in [2.24, 2.45) is 0 Å². The number of fused-ring (bicyclic) bond motifs is 2. The van der Waals surface area contributed by atoms with Crippen molar-refractivity contribution in [3.05, 3.63) is 104 Å². The molecule has 8 nitrogen and oxygen atoms in total. The summed E-state index contributed by atoms with van der Waals surface area (Å²) in [7, 11) is 0. The van der Waals surface area contributed by atoms with E-state index in [0.717, 1.165) is 12.8 Å². The Hall–Kier alpha value is -3.40. The summed E-state index contributed by atoms with van der Waals surface area (Å²) in [6.45, 7) is 3.79. The van der Waals surface area contributed by atoms with Crippen LogP contribution < -0.4 is 0 Å². The third kappa shape index (κ3) is 8.85. The summed E-state index contributed by atoms with van der Waals surface area (Å²) in [5.41, 5.74) is -2.52. The standard InChI is InChI=1S/C40H43Cl2F6N3O5/c1-2-50(15-17-52)35(53)24-55-34-21-26-5-3-4-6-31(26)37(34)9-12-49(13-10-37)14-11-38(28-7-8-32(41)33(42)23-28)25-51(16-18-56-38)36(54)27-19-29(39(43,44)45)22-30(20-27)40(46,47)48/h3-8,19-20,22-23,34,52H,2,9-18,21,24-25H2,1H3/t34-,38+/m0/s1. The highest BCUT2D eigenvalue weighted by molar-refractivity contribution is 6.42. The SMILES string of the molecule is CCN(CCO)C(=O)CO[C@H]1Cc2ccccc2C12CCN(CC[C@]1(c3ccc(Cl)c(Cl)c3)CN(C(=O)c3cc(C(F)(F)F)cc(C(F)(F)F)c3)CCO1)CC2. The number of amides is 2. The van der Waals surface area contributed by atoms with Crippen molar-refractivity contribution in [1.29, 1.82) is 0 Å². The highest BCUT2D eigenvalue weighted by Crippen LogP contribution is 2.48. The number of aliphatic hydroxyl groups is 1. The van der Waals surface area contributed by atoms with Crippen LogP contribution in [0.1, 0.15) is 64.4 Å². The maximum absolute atomic E-state index is 13.8. The van der Waals surface area contributed by atoms with E-state index >= 15 is 0 Å². The monoisotopic (exact) mass is 829 g/mol. The smallest absolute Gasteiger partial charge is 0.395 e. The van der Waals surface area contributed by atoms with Gasteiger partial charge in [0.25, 0.3) is 5.91 Å². The summed E-state index contributed by atoms with van der Waals surface area (Å²) >= 11 is 12.7. The van der Waals surface area contributed by atoms with E-state index in [-0.39, 0.29) is 73.0 Å². The summed E-state index contributed by atoms with van der Waals surface area (Å²) in [6.07, 6.45) is -8.06. The number of benzene rings is 3. The highest BCUT2D eigenvalue weighted by atomic mass is 35.5. The molecule has 2 saturated heterocycles. The normalized spacial score (nSPS) is 21.3. The van der Waals surface area contributed by atoms with E-state index in [4.69, 9.17) is 32.7 Å². The Morgan fingerprint density at radius 3 is 2.25 bits per heavy atom. The topological polar surface area (TPSA) is 82.5 Å². The first-order valence-corrected chi connectivity index (χ1v) is 19.2. The molecule has 1 spiro atoms. The van der Waals surface area contributed by atoms with Gasteiger partial charge in [0.05, 0.1) is 47.0 Å². The molecule has 0 unspecified atom stereocenters. The van der Waals surface area contributed by atoms with E-state index in [2.05, 4.69) is 17.0 Å². The van der Waals surface area contributed by atoms with Gasteiger partial charge in [-0.25, -0.2) is 0 Å². The molecular weight excluding hydrogens is 787 g/mol. The molecule has 0 bridgehead atoms. The number of likely N-dealkylation sites (N-methyl/N-ethyl adjacent to an activating group) is 1. The average Bonchev–Trinajstić information content (AvgIpc) is 3.47. The van der Waals surface area contributed by atoms with E-state index in [9.17, 15) is 41.0 Å². The van der Waals surface area contributed by atoms with Crippen molar-refractivity contribution in [2.45, 2.75) is 62.1 Å². The fraction of sp³-hybridized carbons (Fsp3) is 0.500. The number of alkyl halides is 6. The van der Waals surface area contributed by atoms with E-state index in [1.165, 1.54) is 16.0 Å². The Labute approximate surface area is 331 Å². The molecule has 304 valence electrons. The van der Waals surface area contributed by atoms with Gasteiger partial charge in [-0.05, 0) is 92.7 Å². The molecule has 0 radical (unpaired) electrons. The number of nitrogens with zero attached hydrogens (tertiary/aromatic N) is 3. The lowest BCUT2D eigenvalue weighted by Gasteiger charge is -2.46. The van der Waals surface area contributed by atoms with Crippen LogP contribution in [-0.2, 0) is 44.1 Å². The van der Waals surface area contributed by atoms with Gasteiger partial charge in [0, 0.05) is 37.2 Å². The third-order valence-electron chi connectivity index (χ3n) is 11.4. The fourth-order valence-corrected chi connectivity index (χ4v) is 8.69. The van der Waals surface area contributed by atoms with Crippen LogP contribution in [0.2, 0.25) is 10.0 Å². The number of hydrogen-bond donors (Lipinski definition) is 1. The molecule has 56 heavy (non-hydrogen) atoms. The maximum atomic E-state index is 13.8. The van der Waals surface area contributed by atoms with Gasteiger partial charge >= 0.3 is 12.4 Å². The van der Waals surface area contributed by atoms with E-state index in [1.54, 1.807) is 23.1 Å². The Morgan fingerprint density at radius 1 is 0.946 bits per heavy atom. The van der Waals surface area contributed by atoms with Crippen molar-refractivity contribution >= 4 is 35.0 Å². The molecule has 0 aromatic heterocycles. The Morgan fingerprint density at radius 2 is 1.62 bits per heavy atom. The zero-order valence-corrected chi connectivity index (χ0v) is 32.2. The van der Waals surface area contributed by atoms with Gasteiger partial charge in [-0.2, -0.15) is 26.3 Å². The lowest BCUT2D eigenvalue weighted by molar-refractivity contribution is -0.143. The first-order chi connectivity index (χ1) is 26.5. The molecule has 6 rings (SSSR count). The second-order valence-electron chi connectivity index (χ2n) is 14.6. The van der Waals surface area contributed by atoms with Crippen molar-refractivity contribution in [2.75, 3.05) is 65.6 Å². The van der Waals surface area contributed by atoms with E-state index in [1.807, 2.05) is 19.1 Å². The number of morpholine rings is 1. The van der Waals surface area contributed by atoms with Crippen LogP contribution >= 0.6 is 23.2 Å². The molecule has 1 aliphatic carbocycles. The number of rotatable bonds is 11. The fourth-order valence-electron chi connectivity index (χ4n) is 8.39. The molecule has 3 aromatic carbocycles. The van der Waals surface area contributed by atoms with Crippen LogP contribution in [0.3, 0.4) is 0 Å². The van der Waals surface area contributed by atoms with Crippen molar-refractivity contribution in [3.63, 3.8) is 0 Å². The lowest BCUT2D eigenvalue weighted by atomic mass is 9.72. The number of likely N-dealkylation sites (tertiary alicyclic amines) is 1. The largest absolute Gasteiger partial charge is 0.416 e. The predicted octanol–water partition coefficient (Wildman–Crippen LogP) is 7.60. The lowest BCUT2D eigenvalue weighted by Crippen LogP contribution is -2.54. The predicted molar refractivity (Wildman–Crippen MR) is 198 cm³/mol. The second kappa shape index (κ2) is 16.8. The molecule has 2 heterocycles. The summed E-state index contributed by atoms with van der Waals surface area (Å²) in [5.74, 6) is -1.18. The van der Waals surface area contributed by atoms with Gasteiger partial charge in [0.1, 0.15) is 12.2 Å². The van der Waals surface area contributed by atoms with Crippen LogP contribution in [0.4, 0.5) is 26.3 Å². The molecule has 2 fully saturated rings. The molecule has 2 atom stereocenters. The molecule has 3 aliphatic rings. The molecule has 1 N–H and O–H groups in total. The molecule has 3 aromatic rings. The Bertz CT molecular complexity index is 1870. The Balaban J connectivity index is 1.21. The summed E-state index contributed by atoms with van der Waals surface area (Å²) < 4.78 is 95.0. The average molecular weight is 831 g/mol. The van der Waals surface area contributed by atoms with Crippen LogP contribution in [-0.4, -0.2) is 103 Å². The first kappa shape index (κ1) is 42.2. The quantitative estimate of drug-likeness (QED) is 0.201. The number of hydrogen-bond acceptors (Lipinski definition) is 6. The number of halogens is 8. The van der Waals surface area contributed by atoms with Gasteiger partial charge in [-0.15, -0.1) is 0 Å². The van der Waals surface area contributed by atoms with Crippen molar-refractivity contribution < 1.29 is 50.5 Å². The second-order valence-corrected chi connectivity index (χ2v) is 15.4. The molecule has 16 heteroatoms. The summed E-state index contributed by atoms with van der Waals surface area (Å²) in [6, 6.07) is 13.9. The van der Waals surface area contributed by atoms with Gasteiger partial charge in [-0.1, -0.05) is 53.5 Å². The zero-order chi connectivity index (χ0) is 40.5. The number of carbonyl (C=O) groups is 2. The molecule has 0 saturated carbocycles. The maximum Gasteiger partial charge on any atom is 0.416 e. The van der Waals surface area contributed by atoms with E-state index < -0.39 is 40.6 Å². The summed E-state index contributed by atoms with van der Waals surface area (Å²) in [4.78, 5) is 31.8. The van der Waals surface area contributed by atoms with E-state index in [0.29, 0.717) is 56.7 Å². The van der Waals surface area contributed by atoms with Crippen LogP contribution in [0.25, 0.3) is 0 Å². The minimum Gasteiger partial charge on any atom is -0.395 e. The Kier molecular flexibility index (Phi) is 12.7. The van der Waals surface area contributed by atoms with Crippen LogP contribution in [0, 0.1) is 0 Å². The van der Waals surface area contributed by atoms with Crippen molar-refractivity contribution in [1.82, 2.24) is 14.7 Å². The molecule has 2 aliphatic heterocycles. The minimum absolute atomic E-state index is 0.00396. The van der Waals surface area contributed by atoms with Crippen LogP contribution in [0.5, 0.6) is 0 Å². The van der Waals surface area contributed by atoms with Gasteiger partial charge in [0.15, 0.2) is 0 Å². The first-order valence-electron chi connectivity index (χ1n) is 18.5. The number of aliphatic hydroxyl groups excluding tert-OH is 1. The number of ether oxygens (including phenoxy) is 2. The van der Waals surface area contributed by atoms with Gasteiger partial charge in [0.2, 0.25) is 5.91 Å². The number of carbonyl (C=O) groups excluding carboxylic acids is 2. The minimum atomic E-state index is -5.11.